The number of esters is 1. The maximum Gasteiger partial charge on any atom is 0.310 e. The van der Waals surface area contributed by atoms with Crippen molar-refractivity contribution < 1.29 is 14.3 Å². The fourth-order valence-corrected chi connectivity index (χ4v) is 2.46. The highest BCUT2D eigenvalue weighted by atomic mass is 32.1. The van der Waals surface area contributed by atoms with Crippen LogP contribution in [0.3, 0.4) is 0 Å². The fraction of sp³-hybridized carbons (Fsp3) is 0.636. The Morgan fingerprint density at radius 2 is 2.44 bits per heavy atom. The van der Waals surface area contributed by atoms with E-state index in [-0.39, 0.29) is 17.8 Å². The first-order chi connectivity index (χ1) is 8.72. The zero-order valence-electron chi connectivity index (χ0n) is 10.2. The highest BCUT2D eigenvalue weighted by Crippen LogP contribution is 2.19. The maximum absolute atomic E-state index is 12.1. The molecule has 1 saturated heterocycles. The second-order valence-corrected chi connectivity index (χ2v) is 4.74. The van der Waals surface area contributed by atoms with Gasteiger partial charge in [-0.1, -0.05) is 4.49 Å². The molecule has 1 unspecified atom stereocenters. The summed E-state index contributed by atoms with van der Waals surface area (Å²) in [5.74, 6) is -0.585. The summed E-state index contributed by atoms with van der Waals surface area (Å²) in [7, 11) is 0. The van der Waals surface area contributed by atoms with E-state index >= 15 is 0 Å². The number of piperidine rings is 1. The predicted molar refractivity (Wildman–Crippen MR) is 65.2 cm³/mol. The Morgan fingerprint density at radius 1 is 1.61 bits per heavy atom. The molecule has 1 aliphatic rings. The van der Waals surface area contributed by atoms with Gasteiger partial charge < -0.3 is 9.64 Å². The number of rotatable bonds is 3. The molecule has 0 saturated carbocycles. The minimum atomic E-state index is -0.216. The largest absolute Gasteiger partial charge is 0.466 e. The third kappa shape index (κ3) is 2.84. The SMILES string of the molecule is CCOC(=O)C1CCCN(C(=O)c2csnn2)C1. The molecule has 1 amide bonds. The molecular weight excluding hydrogens is 254 g/mol. The Labute approximate surface area is 109 Å². The number of hydrogen-bond donors (Lipinski definition) is 0. The van der Waals surface area contributed by atoms with E-state index < -0.39 is 0 Å². The average molecular weight is 269 g/mol. The average Bonchev–Trinajstić information content (AvgIpc) is 2.92. The number of ether oxygens (including phenoxy) is 1. The van der Waals surface area contributed by atoms with Crippen molar-refractivity contribution in [3.05, 3.63) is 11.1 Å². The number of carbonyl (C=O) groups is 2. The van der Waals surface area contributed by atoms with Gasteiger partial charge in [0.15, 0.2) is 5.69 Å². The van der Waals surface area contributed by atoms with E-state index in [2.05, 4.69) is 9.59 Å². The quantitative estimate of drug-likeness (QED) is 0.764. The number of carbonyl (C=O) groups excluding carboxylic acids is 2. The van der Waals surface area contributed by atoms with E-state index in [9.17, 15) is 9.59 Å². The van der Waals surface area contributed by atoms with Crippen molar-refractivity contribution >= 4 is 23.4 Å². The highest BCUT2D eigenvalue weighted by molar-refractivity contribution is 7.03. The summed E-state index contributed by atoms with van der Waals surface area (Å²) in [6, 6.07) is 0. The molecule has 1 aromatic rings. The lowest BCUT2D eigenvalue weighted by molar-refractivity contribution is -0.149. The van der Waals surface area contributed by atoms with Gasteiger partial charge in [-0.3, -0.25) is 9.59 Å². The van der Waals surface area contributed by atoms with E-state index in [1.54, 1.807) is 17.2 Å². The number of aromatic nitrogens is 2. The van der Waals surface area contributed by atoms with E-state index in [1.807, 2.05) is 0 Å². The molecule has 1 aliphatic heterocycles. The van der Waals surface area contributed by atoms with Crippen LogP contribution in [0.2, 0.25) is 0 Å². The molecule has 1 fully saturated rings. The Hall–Kier alpha value is -1.50. The van der Waals surface area contributed by atoms with Crippen LogP contribution in [-0.2, 0) is 9.53 Å². The molecule has 0 bridgehead atoms. The van der Waals surface area contributed by atoms with Crippen molar-refractivity contribution in [3.8, 4) is 0 Å². The Morgan fingerprint density at radius 3 is 3.11 bits per heavy atom. The summed E-state index contributed by atoms with van der Waals surface area (Å²) in [6.07, 6.45) is 1.59. The van der Waals surface area contributed by atoms with E-state index in [0.717, 1.165) is 24.4 Å². The molecular formula is C11H15N3O3S. The first-order valence-electron chi connectivity index (χ1n) is 5.95. The maximum atomic E-state index is 12.1. The minimum absolute atomic E-state index is 0.155. The fourth-order valence-electron chi connectivity index (χ4n) is 2.03. The first kappa shape index (κ1) is 12.9. The van der Waals surface area contributed by atoms with Crippen LogP contribution in [0, 0.1) is 5.92 Å². The van der Waals surface area contributed by atoms with Crippen molar-refractivity contribution in [1.82, 2.24) is 14.5 Å². The van der Waals surface area contributed by atoms with Crippen LogP contribution in [0.15, 0.2) is 5.38 Å². The molecule has 2 heterocycles. The molecule has 1 aromatic heterocycles. The Bertz CT molecular complexity index is 421. The number of hydrogen-bond acceptors (Lipinski definition) is 6. The van der Waals surface area contributed by atoms with Gasteiger partial charge in [0.25, 0.3) is 5.91 Å². The van der Waals surface area contributed by atoms with Gasteiger partial charge in [-0.25, -0.2) is 0 Å². The van der Waals surface area contributed by atoms with Crippen LogP contribution >= 0.6 is 11.5 Å². The van der Waals surface area contributed by atoms with Crippen molar-refractivity contribution in [2.24, 2.45) is 5.92 Å². The standard InChI is InChI=1S/C11H15N3O3S/c1-2-17-11(16)8-4-3-5-14(6-8)10(15)9-7-18-13-12-9/h7-8H,2-6H2,1H3. The Kier molecular flexibility index (Phi) is 4.24. The normalized spacial score (nSPS) is 19.6. The van der Waals surface area contributed by atoms with Gasteiger partial charge in [0.1, 0.15) is 0 Å². The smallest absolute Gasteiger partial charge is 0.310 e. The molecule has 6 nitrogen and oxygen atoms in total. The second-order valence-electron chi connectivity index (χ2n) is 4.13. The minimum Gasteiger partial charge on any atom is -0.466 e. The second kappa shape index (κ2) is 5.90. The van der Waals surface area contributed by atoms with E-state index in [4.69, 9.17) is 4.74 Å². The van der Waals surface area contributed by atoms with Crippen molar-refractivity contribution in [1.29, 1.82) is 0 Å². The molecule has 0 aromatic carbocycles. The van der Waals surface area contributed by atoms with Crippen LogP contribution in [-0.4, -0.2) is 46.1 Å². The van der Waals surface area contributed by atoms with Gasteiger partial charge in [-0.2, -0.15) is 0 Å². The van der Waals surface area contributed by atoms with Crippen molar-refractivity contribution in [2.75, 3.05) is 19.7 Å². The predicted octanol–water partition coefficient (Wildman–Crippen LogP) is 0.953. The van der Waals surface area contributed by atoms with Crippen molar-refractivity contribution in [2.45, 2.75) is 19.8 Å². The lowest BCUT2D eigenvalue weighted by atomic mass is 9.98. The van der Waals surface area contributed by atoms with Gasteiger partial charge in [0.05, 0.1) is 12.5 Å². The lowest BCUT2D eigenvalue weighted by Gasteiger charge is -2.30. The van der Waals surface area contributed by atoms with Crippen LogP contribution in [0.5, 0.6) is 0 Å². The topological polar surface area (TPSA) is 72.4 Å². The molecule has 0 aliphatic carbocycles. The molecule has 0 N–H and O–H groups in total. The molecule has 98 valence electrons. The van der Waals surface area contributed by atoms with Crippen LogP contribution in [0.25, 0.3) is 0 Å². The molecule has 1 atom stereocenters. The van der Waals surface area contributed by atoms with Crippen LogP contribution in [0.4, 0.5) is 0 Å². The third-order valence-corrected chi connectivity index (χ3v) is 3.41. The lowest BCUT2D eigenvalue weighted by Crippen LogP contribution is -2.42. The third-order valence-electron chi connectivity index (χ3n) is 2.91. The molecule has 18 heavy (non-hydrogen) atoms. The summed E-state index contributed by atoms with van der Waals surface area (Å²) in [5, 5.41) is 5.38. The summed E-state index contributed by atoms with van der Waals surface area (Å²) >= 11 is 1.15. The van der Waals surface area contributed by atoms with Crippen molar-refractivity contribution in [3.63, 3.8) is 0 Å². The summed E-state index contributed by atoms with van der Waals surface area (Å²) < 4.78 is 8.67. The molecule has 0 spiro atoms. The number of nitrogens with zero attached hydrogens (tertiary/aromatic N) is 3. The number of amides is 1. The number of likely N-dealkylation sites (tertiary alicyclic amines) is 1. The zero-order valence-corrected chi connectivity index (χ0v) is 11.0. The molecule has 7 heteroatoms. The van der Waals surface area contributed by atoms with Crippen LogP contribution in [0.1, 0.15) is 30.3 Å². The van der Waals surface area contributed by atoms with Gasteiger partial charge >= 0.3 is 5.97 Å². The summed E-state index contributed by atoms with van der Waals surface area (Å²) in [6.45, 7) is 3.23. The molecule has 2 rings (SSSR count). The monoisotopic (exact) mass is 269 g/mol. The van der Waals surface area contributed by atoms with Gasteiger partial charge in [0, 0.05) is 18.5 Å². The zero-order chi connectivity index (χ0) is 13.0. The van der Waals surface area contributed by atoms with Gasteiger partial charge in [-0.05, 0) is 31.3 Å². The van der Waals surface area contributed by atoms with E-state index in [0.29, 0.717) is 25.4 Å². The highest BCUT2D eigenvalue weighted by Gasteiger charge is 2.30. The van der Waals surface area contributed by atoms with Gasteiger partial charge in [-0.15, -0.1) is 5.10 Å². The molecule has 0 radical (unpaired) electrons. The van der Waals surface area contributed by atoms with Crippen LogP contribution < -0.4 is 0 Å². The van der Waals surface area contributed by atoms with E-state index in [1.165, 1.54) is 0 Å². The first-order valence-corrected chi connectivity index (χ1v) is 6.79. The van der Waals surface area contributed by atoms with Gasteiger partial charge in [0.2, 0.25) is 0 Å². The summed E-state index contributed by atoms with van der Waals surface area (Å²) in [5.41, 5.74) is 0.351. The Balaban J connectivity index is 1.98. The summed E-state index contributed by atoms with van der Waals surface area (Å²) in [4.78, 5) is 25.4.